The van der Waals surface area contributed by atoms with E-state index >= 15 is 0 Å². The highest BCUT2D eigenvalue weighted by atomic mass is 15.1. The van der Waals surface area contributed by atoms with E-state index in [1.54, 1.807) is 0 Å². The molecule has 0 unspecified atom stereocenters. The Kier molecular flexibility index (Phi) is 5.88. The molecule has 118 valence electrons. The Morgan fingerprint density at radius 2 is 1.70 bits per heavy atom. The fourth-order valence-corrected chi connectivity index (χ4v) is 3.56. The molecule has 2 heterocycles. The van der Waals surface area contributed by atoms with Crippen molar-refractivity contribution in [3.05, 3.63) is 0 Å². The second-order valence-electron chi connectivity index (χ2n) is 7.96. The van der Waals surface area contributed by atoms with Crippen molar-refractivity contribution in [2.45, 2.75) is 52.5 Å². The standard InChI is InChI=1S/C17H35N3/c1-15(2)13-20-9-5-16(6-10-20)18-14-17(3)7-11-19(4)12-8-17/h15-16,18H,5-14H2,1-4H3. The van der Waals surface area contributed by atoms with Gasteiger partial charge < -0.3 is 15.1 Å². The molecule has 0 spiro atoms. The van der Waals surface area contributed by atoms with E-state index in [9.17, 15) is 0 Å². The fourth-order valence-electron chi connectivity index (χ4n) is 3.56. The molecule has 3 nitrogen and oxygen atoms in total. The summed E-state index contributed by atoms with van der Waals surface area (Å²) in [6.07, 6.45) is 5.37. The van der Waals surface area contributed by atoms with Crippen LogP contribution in [0.1, 0.15) is 46.5 Å². The second kappa shape index (κ2) is 7.24. The molecule has 2 saturated heterocycles. The molecule has 0 aromatic rings. The lowest BCUT2D eigenvalue weighted by molar-refractivity contribution is 0.122. The van der Waals surface area contributed by atoms with Crippen molar-refractivity contribution in [3.63, 3.8) is 0 Å². The molecule has 0 aromatic carbocycles. The number of hydrogen-bond acceptors (Lipinski definition) is 3. The van der Waals surface area contributed by atoms with E-state index in [4.69, 9.17) is 0 Å². The largest absolute Gasteiger partial charge is 0.313 e. The van der Waals surface area contributed by atoms with Crippen LogP contribution in [0.15, 0.2) is 0 Å². The third-order valence-corrected chi connectivity index (χ3v) is 5.22. The van der Waals surface area contributed by atoms with Crippen molar-refractivity contribution in [2.75, 3.05) is 46.3 Å². The third kappa shape index (κ3) is 5.01. The molecular weight excluding hydrogens is 246 g/mol. The smallest absolute Gasteiger partial charge is 0.00916 e. The number of likely N-dealkylation sites (tertiary alicyclic amines) is 2. The van der Waals surface area contributed by atoms with Crippen LogP contribution < -0.4 is 5.32 Å². The Balaban J connectivity index is 1.66. The Labute approximate surface area is 126 Å². The van der Waals surface area contributed by atoms with Crippen LogP contribution in [-0.4, -0.2) is 62.2 Å². The van der Waals surface area contributed by atoms with Crippen LogP contribution in [0.3, 0.4) is 0 Å². The minimum Gasteiger partial charge on any atom is -0.313 e. The summed E-state index contributed by atoms with van der Waals surface area (Å²) in [5.41, 5.74) is 0.529. The molecule has 0 radical (unpaired) electrons. The van der Waals surface area contributed by atoms with Gasteiger partial charge in [0.1, 0.15) is 0 Å². The van der Waals surface area contributed by atoms with Gasteiger partial charge in [-0.3, -0.25) is 0 Å². The monoisotopic (exact) mass is 281 g/mol. The molecule has 0 atom stereocenters. The highest BCUT2D eigenvalue weighted by molar-refractivity contribution is 4.86. The summed E-state index contributed by atoms with van der Waals surface area (Å²) in [5.74, 6) is 0.803. The van der Waals surface area contributed by atoms with Crippen LogP contribution in [0.5, 0.6) is 0 Å². The van der Waals surface area contributed by atoms with Gasteiger partial charge in [-0.15, -0.1) is 0 Å². The predicted molar refractivity (Wildman–Crippen MR) is 87.1 cm³/mol. The molecule has 2 aliphatic heterocycles. The quantitative estimate of drug-likeness (QED) is 0.835. The van der Waals surface area contributed by atoms with E-state index in [-0.39, 0.29) is 0 Å². The number of hydrogen-bond donors (Lipinski definition) is 1. The summed E-state index contributed by atoms with van der Waals surface area (Å²) < 4.78 is 0. The normalized spacial score (nSPS) is 26.2. The number of rotatable bonds is 5. The SMILES string of the molecule is CC(C)CN1CCC(NCC2(C)CCN(C)CC2)CC1. The van der Waals surface area contributed by atoms with Gasteiger partial charge in [0.15, 0.2) is 0 Å². The molecule has 2 aliphatic rings. The molecule has 3 heteroatoms. The van der Waals surface area contributed by atoms with Crippen molar-refractivity contribution in [3.8, 4) is 0 Å². The van der Waals surface area contributed by atoms with E-state index in [1.807, 2.05) is 0 Å². The Morgan fingerprint density at radius 1 is 1.10 bits per heavy atom. The molecule has 0 aliphatic carbocycles. The summed E-state index contributed by atoms with van der Waals surface area (Å²) in [4.78, 5) is 5.10. The van der Waals surface area contributed by atoms with E-state index in [0.717, 1.165) is 12.0 Å². The first-order valence-corrected chi connectivity index (χ1v) is 8.61. The number of nitrogens with one attached hydrogen (secondary N) is 1. The zero-order valence-electron chi connectivity index (χ0n) is 14.1. The predicted octanol–water partition coefficient (Wildman–Crippen LogP) is 2.43. The highest BCUT2D eigenvalue weighted by Gasteiger charge is 2.30. The second-order valence-corrected chi connectivity index (χ2v) is 7.96. The Hall–Kier alpha value is -0.120. The van der Waals surface area contributed by atoms with Crippen molar-refractivity contribution in [2.24, 2.45) is 11.3 Å². The zero-order valence-corrected chi connectivity index (χ0v) is 14.1. The first kappa shape index (κ1) is 16.3. The zero-order chi connectivity index (χ0) is 14.6. The van der Waals surface area contributed by atoms with Gasteiger partial charge in [0.25, 0.3) is 0 Å². The maximum absolute atomic E-state index is 3.88. The van der Waals surface area contributed by atoms with E-state index in [2.05, 4.69) is 42.9 Å². The van der Waals surface area contributed by atoms with Crippen molar-refractivity contribution < 1.29 is 0 Å². The lowest BCUT2D eigenvalue weighted by Crippen LogP contribution is -2.48. The number of piperidine rings is 2. The topological polar surface area (TPSA) is 18.5 Å². The van der Waals surface area contributed by atoms with Crippen LogP contribution in [0.25, 0.3) is 0 Å². The summed E-state index contributed by atoms with van der Waals surface area (Å²) in [5, 5.41) is 3.88. The van der Waals surface area contributed by atoms with Gasteiger partial charge >= 0.3 is 0 Å². The van der Waals surface area contributed by atoms with Crippen LogP contribution in [0.4, 0.5) is 0 Å². The van der Waals surface area contributed by atoms with Gasteiger partial charge in [-0.1, -0.05) is 20.8 Å². The van der Waals surface area contributed by atoms with Crippen LogP contribution in [0.2, 0.25) is 0 Å². The first-order valence-electron chi connectivity index (χ1n) is 8.61. The van der Waals surface area contributed by atoms with Crippen molar-refractivity contribution in [1.29, 1.82) is 0 Å². The van der Waals surface area contributed by atoms with Gasteiger partial charge in [-0.25, -0.2) is 0 Å². The van der Waals surface area contributed by atoms with E-state index < -0.39 is 0 Å². The number of nitrogens with zero attached hydrogens (tertiary/aromatic N) is 2. The van der Waals surface area contributed by atoms with Gasteiger partial charge in [0.05, 0.1) is 0 Å². The van der Waals surface area contributed by atoms with Gasteiger partial charge in [0, 0.05) is 19.1 Å². The van der Waals surface area contributed by atoms with Crippen LogP contribution in [-0.2, 0) is 0 Å². The maximum atomic E-state index is 3.88. The third-order valence-electron chi connectivity index (χ3n) is 5.22. The summed E-state index contributed by atoms with van der Waals surface area (Å²) in [6.45, 7) is 14.7. The van der Waals surface area contributed by atoms with Crippen molar-refractivity contribution >= 4 is 0 Å². The molecular formula is C17H35N3. The van der Waals surface area contributed by atoms with Gasteiger partial charge in [-0.05, 0) is 70.2 Å². The Morgan fingerprint density at radius 3 is 2.25 bits per heavy atom. The van der Waals surface area contributed by atoms with Crippen LogP contribution >= 0.6 is 0 Å². The van der Waals surface area contributed by atoms with E-state index in [0.29, 0.717) is 5.41 Å². The molecule has 20 heavy (non-hydrogen) atoms. The molecule has 0 aromatic heterocycles. The first-order chi connectivity index (χ1) is 9.47. The molecule has 2 fully saturated rings. The van der Waals surface area contributed by atoms with Gasteiger partial charge in [-0.2, -0.15) is 0 Å². The molecule has 0 bridgehead atoms. The average molecular weight is 281 g/mol. The highest BCUT2D eigenvalue weighted by Crippen LogP contribution is 2.29. The van der Waals surface area contributed by atoms with Gasteiger partial charge in [0.2, 0.25) is 0 Å². The summed E-state index contributed by atoms with van der Waals surface area (Å²) in [6, 6.07) is 0.759. The minimum atomic E-state index is 0.529. The fraction of sp³-hybridized carbons (Fsp3) is 1.00. The molecule has 2 rings (SSSR count). The summed E-state index contributed by atoms with van der Waals surface area (Å²) in [7, 11) is 2.25. The average Bonchev–Trinajstić information content (AvgIpc) is 2.41. The lowest BCUT2D eigenvalue weighted by Gasteiger charge is -2.40. The lowest BCUT2D eigenvalue weighted by atomic mass is 9.80. The molecule has 0 saturated carbocycles. The molecule has 0 amide bonds. The van der Waals surface area contributed by atoms with Crippen LogP contribution in [0, 0.1) is 11.3 Å². The minimum absolute atomic E-state index is 0.529. The van der Waals surface area contributed by atoms with E-state index in [1.165, 1.54) is 65.0 Å². The Bertz CT molecular complexity index is 274. The molecule has 1 N–H and O–H groups in total. The van der Waals surface area contributed by atoms with Crippen molar-refractivity contribution in [1.82, 2.24) is 15.1 Å². The maximum Gasteiger partial charge on any atom is 0.00916 e. The summed E-state index contributed by atoms with van der Waals surface area (Å²) >= 11 is 0.